The lowest BCUT2D eigenvalue weighted by atomic mass is 10.0. The number of carbonyl (C=O) groups is 1. The second-order valence-corrected chi connectivity index (χ2v) is 5.27. The van der Waals surface area contributed by atoms with Crippen LogP contribution in [0.25, 0.3) is 11.2 Å². The molecule has 1 fully saturated rings. The van der Waals surface area contributed by atoms with Crippen molar-refractivity contribution in [2.75, 3.05) is 12.3 Å². The second kappa shape index (κ2) is 5.36. The van der Waals surface area contributed by atoms with Crippen molar-refractivity contribution in [2.24, 2.45) is 0 Å². The highest BCUT2D eigenvalue weighted by atomic mass is 16.6. The number of esters is 1. The third-order valence-corrected chi connectivity index (χ3v) is 3.63. The molecule has 3 N–H and O–H groups in total. The van der Waals surface area contributed by atoms with Crippen LogP contribution in [-0.2, 0) is 14.3 Å². The average molecular weight is 318 g/mol. The average Bonchev–Trinajstić information content (AvgIpc) is 3.09. The van der Waals surface area contributed by atoms with Crippen molar-refractivity contribution in [2.45, 2.75) is 31.6 Å². The summed E-state index contributed by atoms with van der Waals surface area (Å²) in [6.07, 6.45) is 1.72. The SMILES string of the molecule is CC(=O)OC[C@]1(C#N)CC[C@H](n2cnc3c(=O)[nH]c(N)nc32)O1. The quantitative estimate of drug-likeness (QED) is 0.741. The number of fused-ring (bicyclic) bond motifs is 1. The van der Waals surface area contributed by atoms with Crippen molar-refractivity contribution in [3.05, 3.63) is 16.7 Å². The van der Waals surface area contributed by atoms with E-state index in [0.717, 1.165) is 0 Å². The Morgan fingerprint density at radius 1 is 1.74 bits per heavy atom. The molecule has 2 aromatic heterocycles. The standard InChI is InChI=1S/C13H14N6O4/c1-7(20)22-5-13(4-14)3-2-8(23-13)19-6-16-9-10(19)17-12(15)18-11(9)21/h6,8H,2-3,5H2,1H3,(H3,15,17,18,21)/t8-,13-/m1/s1. The molecule has 0 spiro atoms. The van der Waals surface area contributed by atoms with E-state index in [1.54, 1.807) is 4.57 Å². The predicted octanol–water partition coefficient (Wildman–Crippen LogP) is -0.164. The van der Waals surface area contributed by atoms with Gasteiger partial charge in [-0.05, 0) is 12.8 Å². The van der Waals surface area contributed by atoms with Crippen LogP contribution in [-0.4, -0.2) is 37.7 Å². The van der Waals surface area contributed by atoms with E-state index in [1.165, 1.54) is 13.3 Å². The largest absolute Gasteiger partial charge is 0.462 e. The van der Waals surface area contributed by atoms with Crippen molar-refractivity contribution in [1.29, 1.82) is 5.26 Å². The number of nitrogens with two attached hydrogens (primary N) is 1. The molecule has 0 amide bonds. The molecule has 3 heterocycles. The van der Waals surface area contributed by atoms with Gasteiger partial charge in [-0.15, -0.1) is 0 Å². The van der Waals surface area contributed by atoms with Gasteiger partial charge in [0, 0.05) is 6.92 Å². The molecule has 0 bridgehead atoms. The number of hydrogen-bond acceptors (Lipinski definition) is 8. The lowest BCUT2D eigenvalue weighted by Gasteiger charge is -2.21. The smallest absolute Gasteiger partial charge is 0.302 e. The summed E-state index contributed by atoms with van der Waals surface area (Å²) in [5.41, 5.74) is 4.29. The summed E-state index contributed by atoms with van der Waals surface area (Å²) in [4.78, 5) is 33.2. The Kier molecular flexibility index (Phi) is 3.49. The molecule has 120 valence electrons. The van der Waals surface area contributed by atoms with Gasteiger partial charge >= 0.3 is 5.97 Å². The summed E-state index contributed by atoms with van der Waals surface area (Å²) < 4.78 is 12.2. The Balaban J connectivity index is 1.91. The summed E-state index contributed by atoms with van der Waals surface area (Å²) in [5.74, 6) is -0.519. The maximum absolute atomic E-state index is 11.8. The first-order valence-corrected chi connectivity index (χ1v) is 6.89. The number of H-pyrrole nitrogens is 1. The van der Waals surface area contributed by atoms with Gasteiger partial charge in [0.05, 0.1) is 6.33 Å². The molecule has 23 heavy (non-hydrogen) atoms. The van der Waals surface area contributed by atoms with E-state index in [-0.39, 0.29) is 23.7 Å². The van der Waals surface area contributed by atoms with Crippen LogP contribution in [0, 0.1) is 11.3 Å². The maximum atomic E-state index is 11.8. The van der Waals surface area contributed by atoms with Gasteiger partial charge in [0.25, 0.3) is 5.56 Å². The Morgan fingerprint density at radius 3 is 3.22 bits per heavy atom. The second-order valence-electron chi connectivity index (χ2n) is 5.27. The molecule has 2 atom stereocenters. The molecule has 0 saturated carbocycles. The lowest BCUT2D eigenvalue weighted by Crippen LogP contribution is -2.33. The Bertz CT molecular complexity index is 865. The number of nitrogens with zero attached hydrogens (tertiary/aromatic N) is 4. The molecule has 0 aromatic carbocycles. The molecule has 3 rings (SSSR count). The van der Waals surface area contributed by atoms with Gasteiger partial charge in [0.15, 0.2) is 16.8 Å². The fourth-order valence-electron chi connectivity index (χ4n) is 2.52. The normalized spacial score (nSPS) is 23.7. The number of aromatic amines is 1. The molecule has 10 nitrogen and oxygen atoms in total. The summed E-state index contributed by atoms with van der Waals surface area (Å²) in [5, 5.41) is 9.36. The first-order valence-electron chi connectivity index (χ1n) is 6.89. The van der Waals surface area contributed by atoms with Crippen LogP contribution in [0.3, 0.4) is 0 Å². The highest BCUT2D eigenvalue weighted by Crippen LogP contribution is 2.37. The Hall–Kier alpha value is -2.93. The first-order chi connectivity index (χ1) is 10.9. The minimum Gasteiger partial charge on any atom is -0.462 e. The third kappa shape index (κ3) is 2.62. The fourth-order valence-corrected chi connectivity index (χ4v) is 2.52. The van der Waals surface area contributed by atoms with Crippen LogP contribution in [0.15, 0.2) is 11.1 Å². The Morgan fingerprint density at radius 2 is 2.52 bits per heavy atom. The molecule has 1 saturated heterocycles. The zero-order valence-electron chi connectivity index (χ0n) is 12.3. The van der Waals surface area contributed by atoms with Crippen molar-refractivity contribution < 1.29 is 14.3 Å². The topological polar surface area (TPSA) is 149 Å². The first kappa shape index (κ1) is 15.0. The minimum atomic E-state index is -1.22. The summed E-state index contributed by atoms with van der Waals surface area (Å²) in [6.45, 7) is 1.11. The van der Waals surface area contributed by atoms with Crippen molar-refractivity contribution >= 4 is 23.1 Å². The van der Waals surface area contributed by atoms with E-state index >= 15 is 0 Å². The van der Waals surface area contributed by atoms with Crippen molar-refractivity contribution in [3.8, 4) is 6.07 Å². The molecule has 1 aliphatic heterocycles. The number of hydrogen-bond donors (Lipinski definition) is 2. The molecule has 0 aliphatic carbocycles. The van der Waals surface area contributed by atoms with Crippen molar-refractivity contribution in [1.82, 2.24) is 19.5 Å². The van der Waals surface area contributed by atoms with Crippen molar-refractivity contribution in [3.63, 3.8) is 0 Å². The van der Waals surface area contributed by atoms with E-state index < -0.39 is 23.4 Å². The van der Waals surface area contributed by atoms with Gasteiger partial charge in [0.1, 0.15) is 18.9 Å². The predicted molar refractivity (Wildman–Crippen MR) is 76.9 cm³/mol. The molecular formula is C13H14N6O4. The van der Waals surface area contributed by atoms with Crippen LogP contribution in [0.4, 0.5) is 5.95 Å². The highest BCUT2D eigenvalue weighted by Gasteiger charge is 2.43. The van der Waals surface area contributed by atoms with E-state index in [1.807, 2.05) is 6.07 Å². The van der Waals surface area contributed by atoms with E-state index in [4.69, 9.17) is 15.2 Å². The van der Waals surface area contributed by atoms with Gasteiger partial charge in [-0.1, -0.05) is 0 Å². The van der Waals surface area contributed by atoms with E-state index in [9.17, 15) is 14.9 Å². The monoisotopic (exact) mass is 318 g/mol. The van der Waals surface area contributed by atoms with Crippen LogP contribution in [0.1, 0.15) is 26.0 Å². The number of imidazole rings is 1. The number of carbonyl (C=O) groups excluding carboxylic acids is 1. The van der Waals surface area contributed by atoms with Gasteiger partial charge in [-0.2, -0.15) is 10.2 Å². The zero-order valence-corrected chi connectivity index (χ0v) is 12.3. The summed E-state index contributed by atoms with van der Waals surface area (Å²) in [6, 6.07) is 2.05. The molecular weight excluding hydrogens is 304 g/mol. The van der Waals surface area contributed by atoms with Crippen LogP contribution in [0.5, 0.6) is 0 Å². The number of rotatable bonds is 3. The molecule has 0 radical (unpaired) electrons. The number of nitrogens with one attached hydrogen (secondary N) is 1. The summed E-state index contributed by atoms with van der Waals surface area (Å²) in [7, 11) is 0. The molecule has 2 aromatic rings. The molecule has 10 heteroatoms. The van der Waals surface area contributed by atoms with Gasteiger partial charge < -0.3 is 15.2 Å². The molecule has 0 unspecified atom stereocenters. The molecule has 1 aliphatic rings. The highest BCUT2D eigenvalue weighted by molar-refractivity contribution is 5.70. The zero-order chi connectivity index (χ0) is 16.6. The number of ether oxygens (including phenoxy) is 2. The van der Waals surface area contributed by atoms with Gasteiger partial charge in [-0.3, -0.25) is 19.1 Å². The third-order valence-electron chi connectivity index (χ3n) is 3.63. The van der Waals surface area contributed by atoms with Crippen LogP contribution in [0.2, 0.25) is 0 Å². The van der Waals surface area contributed by atoms with Crippen LogP contribution < -0.4 is 11.3 Å². The number of anilines is 1. The lowest BCUT2D eigenvalue weighted by molar-refractivity contribution is -0.149. The van der Waals surface area contributed by atoms with E-state index in [0.29, 0.717) is 12.8 Å². The maximum Gasteiger partial charge on any atom is 0.302 e. The minimum absolute atomic E-state index is 0.0336. The van der Waals surface area contributed by atoms with E-state index in [2.05, 4.69) is 15.0 Å². The fraction of sp³-hybridized carbons (Fsp3) is 0.462. The van der Waals surface area contributed by atoms with Gasteiger partial charge in [-0.25, -0.2) is 4.98 Å². The number of nitrogen functional groups attached to an aromatic ring is 1. The summed E-state index contributed by atoms with van der Waals surface area (Å²) >= 11 is 0. The van der Waals surface area contributed by atoms with Crippen LogP contribution >= 0.6 is 0 Å². The number of aromatic nitrogens is 4. The number of nitriles is 1. The Labute approximate surface area is 129 Å². The van der Waals surface area contributed by atoms with Gasteiger partial charge in [0.2, 0.25) is 5.95 Å².